The van der Waals surface area contributed by atoms with Gasteiger partial charge in [-0.15, -0.1) is 0 Å². The summed E-state index contributed by atoms with van der Waals surface area (Å²) in [5.74, 6) is -1.01. The van der Waals surface area contributed by atoms with Crippen LogP contribution < -0.4 is 5.32 Å². The summed E-state index contributed by atoms with van der Waals surface area (Å²) in [4.78, 5) is 34.9. The summed E-state index contributed by atoms with van der Waals surface area (Å²) in [7, 11) is 0. The summed E-state index contributed by atoms with van der Waals surface area (Å²) < 4.78 is 0. The first-order valence-corrected chi connectivity index (χ1v) is 5.82. The first kappa shape index (κ1) is 14.4. The highest BCUT2D eigenvalue weighted by atomic mass is 16.3. The van der Waals surface area contributed by atoms with Crippen LogP contribution in [0.2, 0.25) is 0 Å². The molecule has 1 aliphatic rings. The maximum atomic E-state index is 11.4. The number of nitrogens with one attached hydrogen (secondary N) is 1. The topological polar surface area (TPSA) is 86.7 Å². The fourth-order valence-electron chi connectivity index (χ4n) is 1.46. The van der Waals surface area contributed by atoms with Crippen molar-refractivity contribution >= 4 is 17.7 Å². The molecule has 0 bridgehead atoms. The van der Waals surface area contributed by atoms with Crippen LogP contribution in [0, 0.1) is 0 Å². The first-order chi connectivity index (χ1) is 8.29. The van der Waals surface area contributed by atoms with E-state index in [1.807, 2.05) is 0 Å². The number of hydrogen-bond acceptors (Lipinski definition) is 4. The first-order valence-electron chi connectivity index (χ1n) is 5.82. The maximum absolute atomic E-state index is 11.4. The summed E-state index contributed by atoms with van der Waals surface area (Å²) in [5.41, 5.74) is -0.821. The van der Waals surface area contributed by atoms with Crippen LogP contribution in [-0.2, 0) is 14.4 Å². The number of carbonyl (C=O) groups is 3. The van der Waals surface area contributed by atoms with Gasteiger partial charge >= 0.3 is 0 Å². The number of aliphatic hydroxyl groups is 1. The lowest BCUT2D eigenvalue weighted by atomic mass is 10.1. The predicted molar refractivity (Wildman–Crippen MR) is 64.4 cm³/mol. The molecule has 0 atom stereocenters. The third-order valence-corrected chi connectivity index (χ3v) is 2.52. The van der Waals surface area contributed by atoms with E-state index in [2.05, 4.69) is 5.32 Å². The van der Waals surface area contributed by atoms with Gasteiger partial charge < -0.3 is 10.4 Å². The Bertz CT molecular complexity index is 364. The van der Waals surface area contributed by atoms with Crippen molar-refractivity contribution in [3.8, 4) is 0 Å². The fourth-order valence-corrected chi connectivity index (χ4v) is 1.46. The van der Waals surface area contributed by atoms with Gasteiger partial charge in [-0.3, -0.25) is 19.3 Å². The zero-order valence-corrected chi connectivity index (χ0v) is 10.6. The number of imide groups is 1. The van der Waals surface area contributed by atoms with Crippen LogP contribution in [-0.4, -0.2) is 46.4 Å². The van der Waals surface area contributed by atoms with Crippen molar-refractivity contribution in [1.82, 2.24) is 10.2 Å². The predicted octanol–water partition coefficient (Wildman–Crippen LogP) is -0.421. The van der Waals surface area contributed by atoms with Gasteiger partial charge in [-0.25, -0.2) is 0 Å². The zero-order chi connectivity index (χ0) is 13.8. The van der Waals surface area contributed by atoms with Gasteiger partial charge in [0, 0.05) is 31.7 Å². The molecule has 0 aromatic rings. The average Bonchev–Trinajstić information content (AvgIpc) is 2.54. The van der Waals surface area contributed by atoms with Gasteiger partial charge in [-0.2, -0.15) is 0 Å². The highest BCUT2D eigenvalue weighted by Gasteiger charge is 2.23. The maximum Gasteiger partial charge on any atom is 0.253 e. The van der Waals surface area contributed by atoms with E-state index in [0.29, 0.717) is 13.0 Å². The number of carbonyl (C=O) groups excluding carboxylic acids is 3. The molecule has 0 aromatic carbocycles. The Labute approximate surface area is 106 Å². The van der Waals surface area contributed by atoms with Crippen LogP contribution in [0.4, 0.5) is 0 Å². The molecule has 0 unspecified atom stereocenters. The molecule has 0 saturated heterocycles. The molecule has 2 N–H and O–H groups in total. The van der Waals surface area contributed by atoms with Gasteiger partial charge in [-0.05, 0) is 20.3 Å². The van der Waals surface area contributed by atoms with Crippen molar-refractivity contribution < 1.29 is 19.5 Å². The summed E-state index contributed by atoms with van der Waals surface area (Å²) in [6.07, 6.45) is 2.90. The molecule has 6 heteroatoms. The lowest BCUT2D eigenvalue weighted by Gasteiger charge is -2.17. The Morgan fingerprint density at radius 3 is 2.39 bits per heavy atom. The van der Waals surface area contributed by atoms with Crippen LogP contribution in [0.3, 0.4) is 0 Å². The second-order valence-electron chi connectivity index (χ2n) is 4.82. The molecule has 0 saturated carbocycles. The Kier molecular flexibility index (Phi) is 4.61. The third kappa shape index (κ3) is 4.67. The normalized spacial score (nSPS) is 15.4. The Morgan fingerprint density at radius 1 is 1.33 bits per heavy atom. The summed E-state index contributed by atoms with van der Waals surface area (Å²) >= 11 is 0. The molecule has 1 heterocycles. The van der Waals surface area contributed by atoms with Crippen LogP contribution in [0.5, 0.6) is 0 Å². The van der Waals surface area contributed by atoms with E-state index in [1.165, 1.54) is 12.2 Å². The quantitative estimate of drug-likeness (QED) is 0.630. The monoisotopic (exact) mass is 254 g/mol. The van der Waals surface area contributed by atoms with Crippen molar-refractivity contribution in [2.45, 2.75) is 32.3 Å². The van der Waals surface area contributed by atoms with Crippen LogP contribution in [0.1, 0.15) is 26.7 Å². The molecular weight excluding hydrogens is 236 g/mol. The van der Waals surface area contributed by atoms with Crippen LogP contribution in [0.15, 0.2) is 12.2 Å². The van der Waals surface area contributed by atoms with E-state index in [9.17, 15) is 19.5 Å². The molecule has 0 spiro atoms. The van der Waals surface area contributed by atoms with Crippen molar-refractivity contribution in [2.24, 2.45) is 0 Å². The number of amides is 3. The van der Waals surface area contributed by atoms with Crippen molar-refractivity contribution in [3.63, 3.8) is 0 Å². The molecule has 0 radical (unpaired) electrons. The summed E-state index contributed by atoms with van der Waals surface area (Å²) in [6, 6.07) is 0. The van der Waals surface area contributed by atoms with Gasteiger partial charge in [0.25, 0.3) is 11.8 Å². The number of nitrogens with zero attached hydrogens (tertiary/aromatic N) is 1. The molecule has 0 aromatic heterocycles. The number of rotatable bonds is 6. The Hall–Kier alpha value is -1.69. The van der Waals surface area contributed by atoms with Crippen LogP contribution >= 0.6 is 0 Å². The summed E-state index contributed by atoms with van der Waals surface area (Å²) in [6.45, 7) is 3.76. The van der Waals surface area contributed by atoms with E-state index in [4.69, 9.17) is 0 Å². The average molecular weight is 254 g/mol. The Morgan fingerprint density at radius 2 is 1.89 bits per heavy atom. The van der Waals surface area contributed by atoms with Gasteiger partial charge in [0.1, 0.15) is 0 Å². The van der Waals surface area contributed by atoms with Gasteiger partial charge in [0.05, 0.1) is 5.60 Å². The van der Waals surface area contributed by atoms with Gasteiger partial charge in [0.2, 0.25) is 5.91 Å². The minimum atomic E-state index is -0.821. The third-order valence-electron chi connectivity index (χ3n) is 2.52. The van der Waals surface area contributed by atoms with E-state index in [0.717, 1.165) is 4.90 Å². The smallest absolute Gasteiger partial charge is 0.253 e. The van der Waals surface area contributed by atoms with E-state index < -0.39 is 5.60 Å². The molecule has 6 nitrogen and oxygen atoms in total. The second kappa shape index (κ2) is 5.77. The molecule has 100 valence electrons. The largest absolute Gasteiger partial charge is 0.390 e. The molecule has 1 aliphatic heterocycles. The molecular formula is C12H18N2O4. The van der Waals surface area contributed by atoms with E-state index in [1.54, 1.807) is 13.8 Å². The highest BCUT2D eigenvalue weighted by Crippen LogP contribution is 2.06. The standard InChI is InChI=1S/C12H18N2O4/c1-12(2,18)6-7-13-9(15)5-8-14-10(16)3-4-11(14)17/h3-4,18H,5-8H2,1-2H3,(H,13,15). The minimum Gasteiger partial charge on any atom is -0.390 e. The lowest BCUT2D eigenvalue weighted by Crippen LogP contribution is -2.36. The molecule has 0 fully saturated rings. The van der Waals surface area contributed by atoms with E-state index in [-0.39, 0.29) is 30.7 Å². The fraction of sp³-hybridized carbons (Fsp3) is 0.583. The van der Waals surface area contributed by atoms with E-state index >= 15 is 0 Å². The highest BCUT2D eigenvalue weighted by molar-refractivity contribution is 6.13. The van der Waals surface area contributed by atoms with Crippen LogP contribution in [0.25, 0.3) is 0 Å². The minimum absolute atomic E-state index is 0.0744. The molecule has 1 rings (SSSR count). The lowest BCUT2D eigenvalue weighted by molar-refractivity contribution is -0.137. The molecule has 18 heavy (non-hydrogen) atoms. The van der Waals surface area contributed by atoms with Crippen molar-refractivity contribution in [1.29, 1.82) is 0 Å². The Balaban J connectivity index is 2.22. The SMILES string of the molecule is CC(C)(O)CCNC(=O)CCN1C(=O)C=CC1=O. The summed E-state index contributed by atoms with van der Waals surface area (Å²) in [5, 5.41) is 12.1. The van der Waals surface area contributed by atoms with Crippen molar-refractivity contribution in [3.05, 3.63) is 12.2 Å². The molecule has 0 aliphatic carbocycles. The van der Waals surface area contributed by atoms with Gasteiger partial charge in [0.15, 0.2) is 0 Å². The van der Waals surface area contributed by atoms with Crippen molar-refractivity contribution in [2.75, 3.05) is 13.1 Å². The number of hydrogen-bond donors (Lipinski definition) is 2. The molecule has 3 amide bonds. The zero-order valence-electron chi connectivity index (χ0n) is 10.6. The van der Waals surface area contributed by atoms with Gasteiger partial charge in [-0.1, -0.05) is 0 Å². The second-order valence-corrected chi connectivity index (χ2v) is 4.82.